The number of ketones is 1. The van der Waals surface area contributed by atoms with E-state index in [2.05, 4.69) is 5.32 Å². The Morgan fingerprint density at radius 3 is 2.60 bits per heavy atom. The predicted molar refractivity (Wildman–Crippen MR) is 39.4 cm³/mol. The molecule has 0 aromatic rings. The molecule has 0 aliphatic heterocycles. The zero-order valence-electron chi connectivity index (χ0n) is 6.60. The molecule has 0 saturated heterocycles. The quantitative estimate of drug-likeness (QED) is 0.464. The minimum Gasteiger partial charge on any atom is -0.479 e. The second kappa shape index (κ2) is 4.85. The fourth-order valence-corrected chi connectivity index (χ4v) is 0.526. The van der Waals surface area contributed by atoms with E-state index in [1.54, 1.807) is 7.05 Å². The lowest BCUT2D eigenvalue weighted by atomic mass is 10.4. The number of hydrogen-bond donors (Lipinski definition) is 1. The summed E-state index contributed by atoms with van der Waals surface area (Å²) in [6.07, 6.45) is 1.42. The average molecular weight is 143 g/mol. The molecule has 0 aliphatic carbocycles. The molecule has 3 nitrogen and oxygen atoms in total. The Bertz CT molecular complexity index is 141. The van der Waals surface area contributed by atoms with Crippen molar-refractivity contribution in [3.63, 3.8) is 0 Å². The van der Waals surface area contributed by atoms with Gasteiger partial charge >= 0.3 is 0 Å². The smallest absolute Gasteiger partial charge is 0.189 e. The first-order chi connectivity index (χ1) is 4.70. The van der Waals surface area contributed by atoms with Gasteiger partial charge in [-0.2, -0.15) is 0 Å². The summed E-state index contributed by atoms with van der Waals surface area (Å²) in [4.78, 5) is 10.5. The number of carbonyl (C=O) groups excluding carboxylic acids is 1. The Balaban J connectivity index is 3.91. The van der Waals surface area contributed by atoms with Crippen LogP contribution in [-0.2, 0) is 9.53 Å². The number of hydrogen-bond acceptors (Lipinski definition) is 3. The highest BCUT2D eigenvalue weighted by molar-refractivity contribution is 5.87. The van der Waals surface area contributed by atoms with Crippen molar-refractivity contribution in [2.45, 2.75) is 13.8 Å². The van der Waals surface area contributed by atoms with Gasteiger partial charge < -0.3 is 10.1 Å². The first kappa shape index (κ1) is 9.01. The average Bonchev–Trinajstić information content (AvgIpc) is 1.86. The van der Waals surface area contributed by atoms with Crippen LogP contribution in [0.5, 0.6) is 0 Å². The van der Waals surface area contributed by atoms with E-state index in [9.17, 15) is 4.79 Å². The molecular formula is C7H13NO2. The topological polar surface area (TPSA) is 38.3 Å². The van der Waals surface area contributed by atoms with E-state index in [0.717, 1.165) is 0 Å². The van der Waals surface area contributed by atoms with Gasteiger partial charge in [0.25, 0.3) is 0 Å². The Morgan fingerprint density at radius 1 is 1.70 bits per heavy atom. The Morgan fingerprint density at radius 2 is 2.30 bits per heavy atom. The van der Waals surface area contributed by atoms with Crippen molar-refractivity contribution in [2.75, 3.05) is 13.7 Å². The largest absolute Gasteiger partial charge is 0.479 e. The van der Waals surface area contributed by atoms with Crippen LogP contribution in [0.3, 0.4) is 0 Å². The normalized spacial score (nSPS) is 10.9. The molecule has 0 fully saturated rings. The molecule has 0 atom stereocenters. The zero-order valence-corrected chi connectivity index (χ0v) is 6.60. The first-order valence-corrected chi connectivity index (χ1v) is 3.23. The molecule has 3 heteroatoms. The summed E-state index contributed by atoms with van der Waals surface area (Å²) in [6.45, 7) is 3.92. The van der Waals surface area contributed by atoms with Crippen molar-refractivity contribution in [3.05, 3.63) is 12.0 Å². The van der Waals surface area contributed by atoms with Crippen LogP contribution in [0.4, 0.5) is 0 Å². The van der Waals surface area contributed by atoms with Crippen LogP contribution in [0.25, 0.3) is 0 Å². The minimum absolute atomic E-state index is 0.0159. The Kier molecular flexibility index (Phi) is 4.37. The highest BCUT2D eigenvalue weighted by Gasteiger charge is 1.93. The van der Waals surface area contributed by atoms with Crippen LogP contribution in [0, 0.1) is 0 Å². The van der Waals surface area contributed by atoms with Crippen molar-refractivity contribution in [1.82, 2.24) is 5.32 Å². The maximum absolute atomic E-state index is 10.5. The summed E-state index contributed by atoms with van der Waals surface area (Å²) in [7, 11) is 1.71. The van der Waals surface area contributed by atoms with Crippen LogP contribution >= 0.6 is 0 Å². The second-order valence-corrected chi connectivity index (χ2v) is 1.80. The fourth-order valence-electron chi connectivity index (χ4n) is 0.526. The van der Waals surface area contributed by atoms with Gasteiger partial charge in [-0.15, -0.1) is 0 Å². The van der Waals surface area contributed by atoms with Crippen molar-refractivity contribution in [2.24, 2.45) is 0 Å². The standard InChI is InChI=1S/C7H13NO2/c1-4-10-7(8-3)5-6(2)9/h5,8H,4H2,1-3H3. The van der Waals surface area contributed by atoms with E-state index in [1.807, 2.05) is 6.92 Å². The monoisotopic (exact) mass is 143 g/mol. The number of rotatable bonds is 4. The van der Waals surface area contributed by atoms with Crippen LogP contribution in [0.15, 0.2) is 12.0 Å². The van der Waals surface area contributed by atoms with Crippen molar-refractivity contribution >= 4 is 5.78 Å². The molecule has 0 amide bonds. The van der Waals surface area contributed by atoms with Gasteiger partial charge in [-0.3, -0.25) is 4.79 Å². The number of nitrogens with one attached hydrogen (secondary N) is 1. The van der Waals surface area contributed by atoms with Gasteiger partial charge in [0.1, 0.15) is 0 Å². The van der Waals surface area contributed by atoms with Crippen LogP contribution in [-0.4, -0.2) is 19.4 Å². The maximum Gasteiger partial charge on any atom is 0.189 e. The first-order valence-electron chi connectivity index (χ1n) is 3.23. The molecule has 0 aromatic heterocycles. The minimum atomic E-state index is -0.0159. The Hall–Kier alpha value is -0.990. The molecule has 10 heavy (non-hydrogen) atoms. The molecule has 0 aromatic carbocycles. The summed E-state index contributed by atoms with van der Waals surface area (Å²) in [5, 5.41) is 2.75. The van der Waals surface area contributed by atoms with E-state index >= 15 is 0 Å². The highest BCUT2D eigenvalue weighted by atomic mass is 16.5. The molecule has 58 valence electrons. The summed E-state index contributed by atoms with van der Waals surface area (Å²) in [5.74, 6) is 0.507. The lowest BCUT2D eigenvalue weighted by Gasteiger charge is -2.05. The van der Waals surface area contributed by atoms with E-state index in [4.69, 9.17) is 4.74 Å². The molecule has 0 unspecified atom stereocenters. The number of carbonyl (C=O) groups is 1. The molecule has 0 heterocycles. The summed E-state index contributed by atoms with van der Waals surface area (Å²) < 4.78 is 5.03. The van der Waals surface area contributed by atoms with Crippen molar-refractivity contribution in [3.8, 4) is 0 Å². The third-order valence-corrected chi connectivity index (χ3v) is 0.881. The SMILES string of the molecule is CCOC(=CC(C)=O)NC. The van der Waals surface area contributed by atoms with Gasteiger partial charge in [0.2, 0.25) is 0 Å². The summed E-state index contributed by atoms with van der Waals surface area (Å²) in [5.41, 5.74) is 0. The molecule has 0 saturated carbocycles. The zero-order chi connectivity index (χ0) is 7.98. The van der Waals surface area contributed by atoms with Crippen molar-refractivity contribution in [1.29, 1.82) is 0 Å². The van der Waals surface area contributed by atoms with Gasteiger partial charge in [0, 0.05) is 13.1 Å². The lowest BCUT2D eigenvalue weighted by Crippen LogP contribution is -2.10. The van der Waals surface area contributed by atoms with Gasteiger partial charge in [-0.05, 0) is 13.8 Å². The maximum atomic E-state index is 10.5. The molecular weight excluding hydrogens is 130 g/mol. The fraction of sp³-hybridized carbons (Fsp3) is 0.571. The van der Waals surface area contributed by atoms with E-state index in [1.165, 1.54) is 13.0 Å². The third kappa shape index (κ3) is 3.95. The van der Waals surface area contributed by atoms with E-state index < -0.39 is 0 Å². The predicted octanol–water partition coefficient (Wildman–Crippen LogP) is 0.673. The number of ether oxygens (including phenoxy) is 1. The van der Waals surface area contributed by atoms with Crippen LogP contribution in [0.2, 0.25) is 0 Å². The lowest BCUT2D eigenvalue weighted by molar-refractivity contribution is -0.112. The molecule has 0 spiro atoms. The van der Waals surface area contributed by atoms with Crippen LogP contribution < -0.4 is 5.32 Å². The molecule has 0 radical (unpaired) electrons. The summed E-state index contributed by atoms with van der Waals surface area (Å²) in [6, 6.07) is 0. The van der Waals surface area contributed by atoms with Gasteiger partial charge in [-0.1, -0.05) is 0 Å². The summed E-state index contributed by atoms with van der Waals surface area (Å²) >= 11 is 0. The third-order valence-electron chi connectivity index (χ3n) is 0.881. The second-order valence-electron chi connectivity index (χ2n) is 1.80. The molecule has 0 bridgehead atoms. The Labute approximate surface area is 61.1 Å². The highest BCUT2D eigenvalue weighted by Crippen LogP contribution is 1.90. The molecule has 0 rings (SSSR count). The van der Waals surface area contributed by atoms with E-state index in [-0.39, 0.29) is 5.78 Å². The van der Waals surface area contributed by atoms with Gasteiger partial charge in [-0.25, -0.2) is 0 Å². The number of allylic oxidation sites excluding steroid dienone is 1. The van der Waals surface area contributed by atoms with Gasteiger partial charge in [0.05, 0.1) is 6.61 Å². The molecule has 1 N–H and O–H groups in total. The van der Waals surface area contributed by atoms with Gasteiger partial charge in [0.15, 0.2) is 11.7 Å². The van der Waals surface area contributed by atoms with Crippen LogP contribution in [0.1, 0.15) is 13.8 Å². The van der Waals surface area contributed by atoms with E-state index in [0.29, 0.717) is 12.5 Å². The van der Waals surface area contributed by atoms with Crippen molar-refractivity contribution < 1.29 is 9.53 Å². The molecule has 0 aliphatic rings.